The summed E-state index contributed by atoms with van der Waals surface area (Å²) in [7, 11) is 0.806. The number of nitrogens with one attached hydrogen (secondary N) is 2. The van der Waals surface area contributed by atoms with Crippen LogP contribution in [0.4, 0.5) is 36.3 Å². The van der Waals surface area contributed by atoms with Crippen LogP contribution in [0.1, 0.15) is 51.4 Å². The highest BCUT2D eigenvalue weighted by molar-refractivity contribution is 7.50. The number of amides is 1. The van der Waals surface area contributed by atoms with Crippen LogP contribution in [0.5, 0.6) is 5.75 Å². The van der Waals surface area contributed by atoms with Crippen molar-refractivity contribution in [2.75, 3.05) is 58.0 Å². The molecule has 1 amide bonds. The monoisotopic (exact) mass is 675 g/mol. The van der Waals surface area contributed by atoms with Crippen LogP contribution in [0.25, 0.3) is 0 Å². The third kappa shape index (κ3) is 7.09. The van der Waals surface area contributed by atoms with Crippen molar-refractivity contribution in [3.63, 3.8) is 0 Å². The lowest BCUT2D eigenvalue weighted by Crippen LogP contribution is -2.52. The van der Waals surface area contributed by atoms with Crippen molar-refractivity contribution in [1.29, 1.82) is 0 Å². The number of hydrogen-bond acceptors (Lipinski definition) is 9. The molecular formula is C31H37F3N7O5P. The minimum absolute atomic E-state index is 0.182. The van der Waals surface area contributed by atoms with Crippen molar-refractivity contribution in [2.45, 2.75) is 43.7 Å². The largest absolute Gasteiger partial charge is 0.495 e. The summed E-state index contributed by atoms with van der Waals surface area (Å²) >= 11 is 0. The highest BCUT2D eigenvalue weighted by atomic mass is 31.2. The van der Waals surface area contributed by atoms with Crippen LogP contribution < -0.4 is 15.4 Å². The van der Waals surface area contributed by atoms with E-state index >= 15 is 0 Å². The van der Waals surface area contributed by atoms with Crippen LogP contribution in [0.3, 0.4) is 0 Å². The van der Waals surface area contributed by atoms with E-state index in [1.807, 2.05) is 6.07 Å². The molecule has 1 aromatic heterocycles. The molecule has 1 aliphatic carbocycles. The number of halogens is 3. The summed E-state index contributed by atoms with van der Waals surface area (Å²) in [5, 5.41) is 5.63. The quantitative estimate of drug-likeness (QED) is 0.234. The third-order valence-electron chi connectivity index (χ3n) is 9.16. The number of anilines is 4. The Kier molecular flexibility index (Phi) is 8.96. The van der Waals surface area contributed by atoms with E-state index in [1.54, 1.807) is 18.0 Å². The van der Waals surface area contributed by atoms with Crippen LogP contribution in [-0.2, 0) is 23.4 Å². The first-order valence-corrected chi connectivity index (χ1v) is 17.0. The zero-order valence-electron chi connectivity index (χ0n) is 26.2. The van der Waals surface area contributed by atoms with Crippen molar-refractivity contribution < 1.29 is 37.1 Å². The average molecular weight is 676 g/mol. The molecule has 252 valence electrons. The lowest BCUT2D eigenvalue weighted by atomic mass is 9.73. The molecule has 47 heavy (non-hydrogen) atoms. The van der Waals surface area contributed by atoms with Crippen molar-refractivity contribution in [3.05, 3.63) is 64.3 Å². The molecule has 0 atom stereocenters. The number of aromatic nitrogens is 2. The van der Waals surface area contributed by atoms with E-state index in [9.17, 15) is 32.3 Å². The van der Waals surface area contributed by atoms with Gasteiger partial charge in [-0.25, -0.2) is 4.98 Å². The second-order valence-electron chi connectivity index (χ2n) is 12.4. The predicted molar refractivity (Wildman–Crippen MR) is 169 cm³/mol. The van der Waals surface area contributed by atoms with Crippen LogP contribution in [0.15, 0.2) is 36.5 Å². The summed E-state index contributed by atoms with van der Waals surface area (Å²) in [5.41, 5.74) is 1.91. The molecule has 0 radical (unpaired) electrons. The zero-order chi connectivity index (χ0) is 33.7. The Morgan fingerprint density at radius 1 is 1.04 bits per heavy atom. The number of ether oxygens (including phenoxy) is 1. The van der Waals surface area contributed by atoms with Crippen molar-refractivity contribution in [1.82, 2.24) is 24.7 Å². The number of rotatable bonds is 9. The van der Waals surface area contributed by atoms with Crippen molar-refractivity contribution in [3.8, 4) is 5.75 Å². The molecule has 16 heteroatoms. The first kappa shape index (κ1) is 33.2. The van der Waals surface area contributed by atoms with Gasteiger partial charge in [-0.2, -0.15) is 18.2 Å². The summed E-state index contributed by atoms with van der Waals surface area (Å²) in [4.78, 5) is 46.4. The SMILES string of the molecule is COc1cc(CP(=O)(O)O)ccc1Nc1ncc(C(F)(F)F)c(Nc2ccc(C3CC(N4CCN(C)CC4)C3)c3c2C(=O)N(C)C3)n1. The summed E-state index contributed by atoms with van der Waals surface area (Å²) in [5.74, 6) is -0.557. The van der Waals surface area contributed by atoms with Gasteiger partial charge in [-0.1, -0.05) is 12.1 Å². The molecule has 4 N–H and O–H groups in total. The number of carbonyl (C=O) groups is 1. The molecule has 3 heterocycles. The number of nitrogens with zero attached hydrogens (tertiary/aromatic N) is 5. The first-order chi connectivity index (χ1) is 22.2. The third-order valence-corrected chi connectivity index (χ3v) is 9.94. The average Bonchev–Trinajstić information content (AvgIpc) is 3.28. The molecule has 2 fully saturated rings. The minimum atomic E-state index is -4.79. The number of benzene rings is 2. The number of piperazine rings is 1. The molecule has 0 unspecified atom stereocenters. The van der Waals surface area contributed by atoms with Crippen molar-refractivity contribution >= 4 is 36.6 Å². The molecule has 3 aromatic rings. The number of fused-ring (bicyclic) bond motifs is 1. The van der Waals surface area contributed by atoms with Gasteiger partial charge in [0.1, 0.15) is 17.1 Å². The number of methoxy groups -OCH3 is 1. The fourth-order valence-electron chi connectivity index (χ4n) is 6.56. The van der Waals surface area contributed by atoms with Gasteiger partial charge in [-0.3, -0.25) is 14.3 Å². The number of alkyl halides is 3. The van der Waals surface area contributed by atoms with Crippen LogP contribution in [0, 0.1) is 0 Å². The summed E-state index contributed by atoms with van der Waals surface area (Å²) in [6, 6.07) is 8.39. The van der Waals surface area contributed by atoms with Crippen molar-refractivity contribution in [2.24, 2.45) is 0 Å². The van der Waals surface area contributed by atoms with Gasteiger partial charge < -0.3 is 35.0 Å². The Balaban J connectivity index is 1.27. The number of hydrogen-bond donors (Lipinski definition) is 4. The molecule has 12 nitrogen and oxygen atoms in total. The van der Waals surface area contributed by atoms with Gasteiger partial charge in [0, 0.05) is 52.0 Å². The molecule has 2 aromatic carbocycles. The summed E-state index contributed by atoms with van der Waals surface area (Å²) in [6.45, 7) is 4.50. The lowest BCUT2D eigenvalue weighted by molar-refractivity contribution is -0.137. The maximum absolute atomic E-state index is 14.1. The molecule has 1 saturated carbocycles. The predicted octanol–water partition coefficient (Wildman–Crippen LogP) is 4.75. The fraction of sp³-hybridized carbons (Fsp3) is 0.452. The Morgan fingerprint density at radius 2 is 1.74 bits per heavy atom. The van der Waals surface area contributed by atoms with Gasteiger partial charge in [0.25, 0.3) is 5.91 Å². The van der Waals surface area contributed by atoms with E-state index in [4.69, 9.17) is 4.74 Å². The molecule has 0 spiro atoms. The summed E-state index contributed by atoms with van der Waals surface area (Å²) in [6.07, 6.45) is -2.70. The highest BCUT2D eigenvalue weighted by Crippen LogP contribution is 2.46. The normalized spacial score (nSPS) is 20.6. The maximum atomic E-state index is 14.1. The van der Waals surface area contributed by atoms with E-state index in [0.717, 1.165) is 50.1 Å². The van der Waals surface area contributed by atoms with E-state index in [0.29, 0.717) is 29.9 Å². The molecule has 2 aliphatic heterocycles. The van der Waals surface area contributed by atoms with Gasteiger partial charge in [0.05, 0.1) is 30.2 Å². The zero-order valence-corrected chi connectivity index (χ0v) is 27.1. The van der Waals surface area contributed by atoms with Gasteiger partial charge in [0.2, 0.25) is 5.95 Å². The highest BCUT2D eigenvalue weighted by Gasteiger charge is 2.40. The Labute approximate surface area is 270 Å². The molecule has 3 aliphatic rings. The molecule has 6 rings (SSSR count). The minimum Gasteiger partial charge on any atom is -0.495 e. The smallest absolute Gasteiger partial charge is 0.421 e. The van der Waals surface area contributed by atoms with E-state index < -0.39 is 31.3 Å². The standard InChI is InChI=1S/C31H37F3N7O5P/c1-39-8-10-41(11-9-39)20-13-19(14-20)21-5-7-25(27-22(21)16-40(2)29(27)42)36-28-23(31(32,33)34)15-35-30(38-28)37-24-6-4-18(12-26(24)46-3)17-47(43,44)45/h4-7,12,15,19-20H,8-11,13-14,16-17H2,1-3H3,(H2,43,44,45)(H2,35,36,37,38). The second-order valence-corrected chi connectivity index (χ2v) is 14.1. The van der Waals surface area contributed by atoms with Crippen LogP contribution in [0.2, 0.25) is 0 Å². The van der Waals surface area contributed by atoms with Crippen LogP contribution in [-0.4, -0.2) is 93.8 Å². The Morgan fingerprint density at radius 3 is 2.40 bits per heavy atom. The first-order valence-electron chi connectivity index (χ1n) is 15.2. The van der Waals surface area contributed by atoms with Gasteiger partial charge >= 0.3 is 13.8 Å². The van der Waals surface area contributed by atoms with Gasteiger partial charge in [-0.05, 0) is 60.7 Å². The molecule has 0 bridgehead atoms. The number of likely N-dealkylation sites (N-methyl/N-ethyl adjacent to an activating group) is 1. The van der Waals surface area contributed by atoms with Gasteiger partial charge in [-0.15, -0.1) is 0 Å². The van der Waals surface area contributed by atoms with Crippen LogP contribution >= 0.6 is 7.60 Å². The van der Waals surface area contributed by atoms with E-state index in [2.05, 4.69) is 37.4 Å². The maximum Gasteiger partial charge on any atom is 0.421 e. The summed E-state index contributed by atoms with van der Waals surface area (Å²) < 4.78 is 59.2. The lowest BCUT2D eigenvalue weighted by Gasteiger charge is -2.46. The molecular weight excluding hydrogens is 638 g/mol. The fourth-order valence-corrected chi connectivity index (χ4v) is 7.23. The Hall–Kier alpha value is -3.75. The van der Waals surface area contributed by atoms with Gasteiger partial charge in [0.15, 0.2) is 0 Å². The topological polar surface area (TPSA) is 143 Å². The van der Waals surface area contributed by atoms with E-state index in [-0.39, 0.29) is 34.9 Å². The molecule has 1 saturated heterocycles. The van der Waals surface area contributed by atoms with E-state index in [1.165, 1.54) is 25.3 Å². The second kappa shape index (κ2) is 12.7. The Bertz CT molecular complexity index is 1720. The number of carbonyl (C=O) groups excluding carboxylic acids is 1.